The number of ether oxygens (including phenoxy) is 1. The standard InChI is InChI=1S/C31H37F3O/c1-3-5-21-6-13-24(14-7-21)28-18-16-25(30(33)31(28)34)15-10-22-8-11-23(12-9-22)27-19-17-26(35-4-2)20-29(27)32/h8-9,11-12,17-21,24-25H,3-7,10,13-16H2,1-2H3. The van der Waals surface area contributed by atoms with E-state index >= 15 is 0 Å². The highest BCUT2D eigenvalue weighted by atomic mass is 19.2. The normalized spacial score (nSPS) is 22.8. The Morgan fingerprint density at radius 2 is 1.63 bits per heavy atom. The zero-order valence-electron chi connectivity index (χ0n) is 21.0. The van der Waals surface area contributed by atoms with Crippen molar-refractivity contribution in [3.05, 3.63) is 77.1 Å². The van der Waals surface area contributed by atoms with Crippen LogP contribution in [0.5, 0.6) is 5.75 Å². The van der Waals surface area contributed by atoms with Gasteiger partial charge < -0.3 is 4.74 Å². The topological polar surface area (TPSA) is 9.23 Å². The van der Waals surface area contributed by atoms with Gasteiger partial charge in [0, 0.05) is 17.5 Å². The van der Waals surface area contributed by atoms with E-state index in [2.05, 4.69) is 6.92 Å². The van der Waals surface area contributed by atoms with Gasteiger partial charge in [-0.1, -0.05) is 50.1 Å². The summed E-state index contributed by atoms with van der Waals surface area (Å²) < 4.78 is 49.8. The Bertz CT molecular complexity index is 1050. The monoisotopic (exact) mass is 482 g/mol. The average molecular weight is 483 g/mol. The van der Waals surface area contributed by atoms with Gasteiger partial charge in [-0.3, -0.25) is 0 Å². The first-order valence-electron chi connectivity index (χ1n) is 13.3. The van der Waals surface area contributed by atoms with E-state index in [0.29, 0.717) is 42.8 Å². The third kappa shape index (κ3) is 6.20. The Morgan fingerprint density at radius 1 is 0.886 bits per heavy atom. The van der Waals surface area contributed by atoms with Crippen LogP contribution in [0.25, 0.3) is 11.1 Å². The average Bonchev–Trinajstić information content (AvgIpc) is 2.87. The van der Waals surface area contributed by atoms with Crippen molar-refractivity contribution in [1.29, 1.82) is 0 Å². The zero-order chi connectivity index (χ0) is 24.8. The van der Waals surface area contributed by atoms with Gasteiger partial charge in [0.2, 0.25) is 0 Å². The highest BCUT2D eigenvalue weighted by Gasteiger charge is 2.31. The lowest BCUT2D eigenvalue weighted by atomic mass is 9.74. The molecule has 2 aliphatic carbocycles. The fourth-order valence-electron chi connectivity index (χ4n) is 5.72. The lowest BCUT2D eigenvalue weighted by molar-refractivity contribution is 0.278. The Morgan fingerprint density at radius 3 is 2.29 bits per heavy atom. The van der Waals surface area contributed by atoms with Gasteiger partial charge >= 0.3 is 0 Å². The second-order valence-corrected chi connectivity index (χ2v) is 10.1. The Balaban J connectivity index is 1.33. The molecule has 0 saturated heterocycles. The minimum absolute atomic E-state index is 0.172. The van der Waals surface area contributed by atoms with Crippen molar-refractivity contribution in [2.75, 3.05) is 6.61 Å². The van der Waals surface area contributed by atoms with Crippen molar-refractivity contribution >= 4 is 0 Å². The minimum atomic E-state index is -0.596. The van der Waals surface area contributed by atoms with Gasteiger partial charge in [0.25, 0.3) is 0 Å². The molecule has 2 aromatic rings. The lowest BCUT2D eigenvalue weighted by Gasteiger charge is -2.31. The van der Waals surface area contributed by atoms with E-state index in [1.54, 1.807) is 12.1 Å². The first kappa shape index (κ1) is 25.6. The maximum atomic E-state index is 15.0. The molecule has 2 aliphatic rings. The molecule has 4 rings (SSSR count). The van der Waals surface area contributed by atoms with Crippen molar-refractivity contribution in [3.63, 3.8) is 0 Å². The van der Waals surface area contributed by atoms with Crippen LogP contribution in [0.3, 0.4) is 0 Å². The first-order chi connectivity index (χ1) is 17.0. The lowest BCUT2D eigenvalue weighted by Crippen LogP contribution is -2.19. The molecule has 0 radical (unpaired) electrons. The largest absolute Gasteiger partial charge is 0.494 e. The summed E-state index contributed by atoms with van der Waals surface area (Å²) in [5.74, 6) is -0.449. The number of hydrogen-bond acceptors (Lipinski definition) is 1. The third-order valence-electron chi connectivity index (χ3n) is 7.73. The fourth-order valence-corrected chi connectivity index (χ4v) is 5.72. The smallest absolute Gasteiger partial charge is 0.158 e. The first-order valence-corrected chi connectivity index (χ1v) is 13.3. The molecule has 0 amide bonds. The van der Waals surface area contributed by atoms with Crippen LogP contribution < -0.4 is 4.74 Å². The number of hydrogen-bond donors (Lipinski definition) is 0. The van der Waals surface area contributed by atoms with Crippen LogP contribution >= 0.6 is 0 Å². The quantitative estimate of drug-likeness (QED) is 0.346. The molecule has 4 heteroatoms. The van der Waals surface area contributed by atoms with E-state index in [9.17, 15) is 13.2 Å². The maximum Gasteiger partial charge on any atom is 0.158 e. The zero-order valence-corrected chi connectivity index (χ0v) is 21.0. The van der Waals surface area contributed by atoms with Gasteiger partial charge in [0.1, 0.15) is 17.4 Å². The van der Waals surface area contributed by atoms with Crippen molar-refractivity contribution in [2.24, 2.45) is 17.8 Å². The Hall–Kier alpha value is -2.49. The molecule has 0 N–H and O–H groups in total. The predicted molar refractivity (Wildman–Crippen MR) is 137 cm³/mol. The molecule has 0 heterocycles. The molecule has 188 valence electrons. The van der Waals surface area contributed by atoms with Crippen LogP contribution in [0.15, 0.2) is 65.8 Å². The molecule has 0 aliphatic heterocycles. The number of aryl methyl sites for hydroxylation is 1. The van der Waals surface area contributed by atoms with Crippen LogP contribution in [0, 0.1) is 23.6 Å². The molecule has 1 atom stereocenters. The Kier molecular flexibility index (Phi) is 8.75. The SMILES string of the molecule is CCCC1CCC(C2=CCC(CCc3ccc(-c4ccc(OCC)cc4F)cc3)C(F)=C2F)CC1. The van der Waals surface area contributed by atoms with E-state index in [4.69, 9.17) is 4.74 Å². The van der Waals surface area contributed by atoms with Gasteiger partial charge in [0.05, 0.1) is 6.61 Å². The highest BCUT2D eigenvalue weighted by molar-refractivity contribution is 5.65. The second-order valence-electron chi connectivity index (χ2n) is 10.1. The molecule has 35 heavy (non-hydrogen) atoms. The molecule has 2 aromatic carbocycles. The minimum Gasteiger partial charge on any atom is -0.494 e. The molecule has 0 bridgehead atoms. The summed E-state index contributed by atoms with van der Waals surface area (Å²) in [5.41, 5.74) is 2.96. The number of halogens is 3. The third-order valence-corrected chi connectivity index (χ3v) is 7.73. The van der Waals surface area contributed by atoms with Crippen LogP contribution in [0.4, 0.5) is 13.2 Å². The molecular formula is C31H37F3O. The number of rotatable bonds is 9. The summed E-state index contributed by atoms with van der Waals surface area (Å²) in [6.07, 6.45) is 10.4. The van der Waals surface area contributed by atoms with Crippen molar-refractivity contribution < 1.29 is 17.9 Å². The summed E-state index contributed by atoms with van der Waals surface area (Å²) in [7, 11) is 0. The van der Waals surface area contributed by atoms with Crippen LogP contribution in [0.1, 0.15) is 70.8 Å². The van der Waals surface area contributed by atoms with Gasteiger partial charge in [-0.2, -0.15) is 0 Å². The molecule has 1 fully saturated rings. The fraction of sp³-hybridized carbons (Fsp3) is 0.484. The summed E-state index contributed by atoms with van der Waals surface area (Å²) in [5, 5.41) is 0. The van der Waals surface area contributed by atoms with E-state index in [1.807, 2.05) is 37.3 Å². The van der Waals surface area contributed by atoms with E-state index in [0.717, 1.165) is 42.7 Å². The van der Waals surface area contributed by atoms with Gasteiger partial charge in [-0.25, -0.2) is 13.2 Å². The van der Waals surface area contributed by atoms with Crippen LogP contribution in [-0.4, -0.2) is 6.61 Å². The van der Waals surface area contributed by atoms with E-state index in [1.165, 1.54) is 18.9 Å². The number of allylic oxidation sites excluding steroid dienone is 4. The molecule has 0 spiro atoms. The Labute approximate surface area is 208 Å². The highest BCUT2D eigenvalue weighted by Crippen LogP contribution is 2.43. The summed E-state index contributed by atoms with van der Waals surface area (Å²) in [4.78, 5) is 0. The molecular weight excluding hydrogens is 445 g/mol. The van der Waals surface area contributed by atoms with Crippen molar-refractivity contribution in [1.82, 2.24) is 0 Å². The van der Waals surface area contributed by atoms with Crippen LogP contribution in [-0.2, 0) is 6.42 Å². The maximum absolute atomic E-state index is 15.0. The summed E-state index contributed by atoms with van der Waals surface area (Å²) in [6, 6.07) is 12.5. The van der Waals surface area contributed by atoms with Gasteiger partial charge in [-0.15, -0.1) is 0 Å². The summed E-state index contributed by atoms with van der Waals surface area (Å²) >= 11 is 0. The van der Waals surface area contributed by atoms with Gasteiger partial charge in [0.15, 0.2) is 5.83 Å². The van der Waals surface area contributed by atoms with E-state index < -0.39 is 17.6 Å². The predicted octanol–water partition coefficient (Wildman–Crippen LogP) is 9.53. The van der Waals surface area contributed by atoms with E-state index in [-0.39, 0.29) is 11.7 Å². The second kappa shape index (κ2) is 12.0. The molecule has 0 aromatic heterocycles. The van der Waals surface area contributed by atoms with Crippen LogP contribution in [0.2, 0.25) is 0 Å². The summed E-state index contributed by atoms with van der Waals surface area (Å²) in [6.45, 7) is 4.57. The molecule has 1 saturated carbocycles. The van der Waals surface area contributed by atoms with Crippen molar-refractivity contribution in [2.45, 2.75) is 71.6 Å². The van der Waals surface area contributed by atoms with Crippen molar-refractivity contribution in [3.8, 4) is 16.9 Å². The number of benzene rings is 2. The molecule has 1 nitrogen and oxygen atoms in total. The molecule has 1 unspecified atom stereocenters. The van der Waals surface area contributed by atoms with Gasteiger partial charge in [-0.05, 0) is 92.5 Å².